The Hall–Kier alpha value is -0.570. The van der Waals surface area contributed by atoms with Crippen molar-refractivity contribution in [2.45, 2.75) is 26.4 Å². The van der Waals surface area contributed by atoms with Gasteiger partial charge in [-0.3, -0.25) is 4.79 Å². The predicted octanol–water partition coefficient (Wildman–Crippen LogP) is 0.547. The zero-order chi connectivity index (χ0) is 8.27. The first kappa shape index (κ1) is 8.53. The van der Waals surface area contributed by atoms with E-state index in [1.165, 1.54) is 0 Å². The van der Waals surface area contributed by atoms with E-state index in [1.54, 1.807) is 0 Å². The van der Waals surface area contributed by atoms with E-state index in [9.17, 15) is 4.79 Å². The lowest BCUT2D eigenvalue weighted by Gasteiger charge is -2.07. The molecular formula is C8H15NO2. The van der Waals surface area contributed by atoms with Crippen LogP contribution in [-0.4, -0.2) is 25.2 Å². The minimum Gasteiger partial charge on any atom is -0.371 e. The monoisotopic (exact) mass is 157 g/mol. The highest BCUT2D eigenvalue weighted by molar-refractivity contribution is 5.78. The summed E-state index contributed by atoms with van der Waals surface area (Å²) in [7, 11) is 0. The molecule has 1 aliphatic rings. The first-order valence-corrected chi connectivity index (χ1v) is 4.13. The molecule has 0 saturated carbocycles. The summed E-state index contributed by atoms with van der Waals surface area (Å²) in [5.41, 5.74) is 0. The molecule has 1 rings (SSSR count). The van der Waals surface area contributed by atoms with Crippen LogP contribution >= 0.6 is 0 Å². The van der Waals surface area contributed by atoms with Crippen LogP contribution in [0, 0.1) is 5.92 Å². The van der Waals surface area contributed by atoms with E-state index in [0.29, 0.717) is 12.6 Å². The molecule has 1 fully saturated rings. The van der Waals surface area contributed by atoms with E-state index in [1.807, 2.05) is 13.8 Å². The molecular weight excluding hydrogens is 142 g/mol. The number of hydrogen-bond donors (Lipinski definition) is 1. The maximum Gasteiger partial charge on any atom is 0.222 e. The van der Waals surface area contributed by atoms with Crippen LogP contribution in [-0.2, 0) is 9.53 Å². The van der Waals surface area contributed by atoms with E-state index >= 15 is 0 Å². The quantitative estimate of drug-likeness (QED) is 0.605. The Morgan fingerprint density at radius 2 is 2.45 bits per heavy atom. The third-order valence-corrected chi connectivity index (χ3v) is 1.97. The topological polar surface area (TPSA) is 41.6 Å². The van der Waals surface area contributed by atoms with Crippen LogP contribution in [0.5, 0.6) is 0 Å². The fourth-order valence-corrected chi connectivity index (χ4v) is 0.760. The van der Waals surface area contributed by atoms with Crippen molar-refractivity contribution in [3.05, 3.63) is 0 Å². The second kappa shape index (κ2) is 3.72. The zero-order valence-corrected chi connectivity index (χ0v) is 7.09. The van der Waals surface area contributed by atoms with Crippen molar-refractivity contribution in [3.63, 3.8) is 0 Å². The van der Waals surface area contributed by atoms with Crippen LogP contribution in [0.4, 0.5) is 0 Å². The van der Waals surface area contributed by atoms with E-state index in [0.717, 1.165) is 13.0 Å². The Labute approximate surface area is 67.1 Å². The van der Waals surface area contributed by atoms with Gasteiger partial charge in [-0.2, -0.15) is 0 Å². The summed E-state index contributed by atoms with van der Waals surface area (Å²) in [5.74, 6) is 0.275. The highest BCUT2D eigenvalue weighted by Crippen LogP contribution is 2.07. The fraction of sp³-hybridized carbons (Fsp3) is 0.875. The number of epoxide rings is 1. The standard InChI is InChI=1S/C8H15NO2/c1-3-6(2)8(10)9-4-7-5-11-7/h6-7H,3-5H2,1-2H3,(H,9,10)/t6-,7+/m0/s1. The smallest absolute Gasteiger partial charge is 0.222 e. The van der Waals surface area contributed by atoms with Crippen LogP contribution in [0.3, 0.4) is 0 Å². The number of nitrogens with one attached hydrogen (secondary N) is 1. The van der Waals surface area contributed by atoms with E-state index < -0.39 is 0 Å². The largest absolute Gasteiger partial charge is 0.371 e. The van der Waals surface area contributed by atoms with Gasteiger partial charge < -0.3 is 10.1 Å². The predicted molar refractivity (Wildman–Crippen MR) is 42.2 cm³/mol. The van der Waals surface area contributed by atoms with Crippen molar-refractivity contribution in [3.8, 4) is 0 Å². The Bertz CT molecular complexity index is 143. The average molecular weight is 157 g/mol. The van der Waals surface area contributed by atoms with Crippen molar-refractivity contribution in [2.75, 3.05) is 13.2 Å². The molecule has 0 bridgehead atoms. The number of amides is 1. The number of hydrogen-bond acceptors (Lipinski definition) is 2. The van der Waals surface area contributed by atoms with E-state index in [4.69, 9.17) is 4.74 Å². The van der Waals surface area contributed by atoms with Gasteiger partial charge in [0.15, 0.2) is 0 Å². The van der Waals surface area contributed by atoms with Gasteiger partial charge in [0, 0.05) is 12.5 Å². The summed E-state index contributed by atoms with van der Waals surface area (Å²) < 4.78 is 4.96. The van der Waals surface area contributed by atoms with E-state index in [2.05, 4.69) is 5.32 Å². The molecule has 0 radical (unpaired) electrons. The molecule has 2 atom stereocenters. The summed E-state index contributed by atoms with van der Waals surface area (Å²) >= 11 is 0. The van der Waals surface area contributed by atoms with Crippen molar-refractivity contribution >= 4 is 5.91 Å². The molecule has 1 aliphatic heterocycles. The molecule has 1 saturated heterocycles. The second-order valence-electron chi connectivity index (χ2n) is 3.01. The molecule has 64 valence electrons. The molecule has 3 nitrogen and oxygen atoms in total. The van der Waals surface area contributed by atoms with Crippen LogP contribution in [0.15, 0.2) is 0 Å². The van der Waals surface area contributed by atoms with Crippen LogP contribution in [0.2, 0.25) is 0 Å². The van der Waals surface area contributed by atoms with E-state index in [-0.39, 0.29) is 11.8 Å². The molecule has 0 unspecified atom stereocenters. The minimum absolute atomic E-state index is 0.133. The van der Waals surface area contributed by atoms with Gasteiger partial charge in [0.25, 0.3) is 0 Å². The number of carbonyl (C=O) groups is 1. The highest BCUT2D eigenvalue weighted by atomic mass is 16.6. The van der Waals surface area contributed by atoms with Gasteiger partial charge in [-0.05, 0) is 6.42 Å². The van der Waals surface area contributed by atoms with Gasteiger partial charge in [0.1, 0.15) is 0 Å². The maximum atomic E-state index is 11.1. The molecule has 0 spiro atoms. The molecule has 1 amide bonds. The van der Waals surface area contributed by atoms with Crippen molar-refractivity contribution < 1.29 is 9.53 Å². The minimum atomic E-state index is 0.133. The lowest BCUT2D eigenvalue weighted by Crippen LogP contribution is -2.31. The first-order chi connectivity index (χ1) is 5.24. The molecule has 0 aromatic carbocycles. The Kier molecular flexibility index (Phi) is 2.88. The van der Waals surface area contributed by atoms with Gasteiger partial charge in [-0.1, -0.05) is 13.8 Å². The highest BCUT2D eigenvalue weighted by Gasteiger charge is 2.23. The summed E-state index contributed by atoms with van der Waals surface area (Å²) in [5, 5.41) is 2.83. The van der Waals surface area contributed by atoms with Crippen LogP contribution in [0.25, 0.3) is 0 Å². The molecule has 0 aliphatic carbocycles. The third kappa shape index (κ3) is 2.89. The molecule has 0 aromatic heterocycles. The second-order valence-corrected chi connectivity index (χ2v) is 3.01. The van der Waals surface area contributed by atoms with Gasteiger partial charge in [-0.25, -0.2) is 0 Å². The maximum absolute atomic E-state index is 11.1. The number of carbonyl (C=O) groups excluding carboxylic acids is 1. The first-order valence-electron chi connectivity index (χ1n) is 4.13. The summed E-state index contributed by atoms with van der Waals surface area (Å²) in [4.78, 5) is 11.1. The van der Waals surface area contributed by atoms with Crippen LogP contribution in [0.1, 0.15) is 20.3 Å². The molecule has 11 heavy (non-hydrogen) atoms. The Balaban J connectivity index is 2.08. The summed E-state index contributed by atoms with van der Waals surface area (Å²) in [6.07, 6.45) is 1.19. The SMILES string of the molecule is CC[C@H](C)C(=O)NC[C@@H]1CO1. The van der Waals surface area contributed by atoms with Crippen LogP contribution < -0.4 is 5.32 Å². The van der Waals surface area contributed by atoms with Crippen molar-refractivity contribution in [1.82, 2.24) is 5.32 Å². The van der Waals surface area contributed by atoms with Gasteiger partial charge in [0.2, 0.25) is 5.91 Å². The zero-order valence-electron chi connectivity index (χ0n) is 7.09. The van der Waals surface area contributed by atoms with Gasteiger partial charge in [-0.15, -0.1) is 0 Å². The molecule has 1 heterocycles. The number of ether oxygens (including phenoxy) is 1. The average Bonchev–Trinajstić information content (AvgIpc) is 2.81. The van der Waals surface area contributed by atoms with Gasteiger partial charge in [0.05, 0.1) is 12.7 Å². The summed E-state index contributed by atoms with van der Waals surface area (Å²) in [6, 6.07) is 0. The molecule has 1 N–H and O–H groups in total. The summed E-state index contributed by atoms with van der Waals surface area (Å²) in [6.45, 7) is 5.44. The lowest BCUT2D eigenvalue weighted by atomic mass is 10.1. The Morgan fingerprint density at radius 3 is 2.91 bits per heavy atom. The van der Waals surface area contributed by atoms with Gasteiger partial charge >= 0.3 is 0 Å². The third-order valence-electron chi connectivity index (χ3n) is 1.97. The number of rotatable bonds is 4. The van der Waals surface area contributed by atoms with Crippen molar-refractivity contribution in [1.29, 1.82) is 0 Å². The molecule has 0 aromatic rings. The normalized spacial score (nSPS) is 24.4. The Morgan fingerprint density at radius 1 is 1.82 bits per heavy atom. The van der Waals surface area contributed by atoms with Crippen molar-refractivity contribution in [2.24, 2.45) is 5.92 Å². The molecule has 3 heteroatoms. The lowest BCUT2D eigenvalue weighted by molar-refractivity contribution is -0.124. The fourth-order valence-electron chi connectivity index (χ4n) is 0.760.